The van der Waals surface area contributed by atoms with Crippen molar-refractivity contribution in [3.63, 3.8) is 0 Å². The van der Waals surface area contributed by atoms with Crippen LogP contribution in [0.1, 0.15) is 39.2 Å². The SMILES string of the molecule is CN(C)C(=O)CC[C@H](NC(=O)OC(C)(C)C)C(=O)CNC(=O)OCc1ccccc1. The van der Waals surface area contributed by atoms with E-state index in [-0.39, 0.29) is 31.9 Å². The number of amides is 3. The summed E-state index contributed by atoms with van der Waals surface area (Å²) in [5.41, 5.74) is 0.0713. The highest BCUT2D eigenvalue weighted by Crippen LogP contribution is 2.08. The highest BCUT2D eigenvalue weighted by Gasteiger charge is 2.25. The lowest BCUT2D eigenvalue weighted by Crippen LogP contribution is -2.47. The molecule has 166 valence electrons. The van der Waals surface area contributed by atoms with E-state index in [0.29, 0.717) is 0 Å². The van der Waals surface area contributed by atoms with Gasteiger partial charge in [-0.1, -0.05) is 30.3 Å². The number of rotatable bonds is 9. The molecule has 1 atom stereocenters. The number of nitrogens with one attached hydrogen (secondary N) is 2. The molecule has 0 saturated heterocycles. The van der Waals surface area contributed by atoms with Crippen LogP contribution in [0.2, 0.25) is 0 Å². The molecule has 3 amide bonds. The van der Waals surface area contributed by atoms with E-state index < -0.39 is 29.6 Å². The molecule has 0 unspecified atom stereocenters. The van der Waals surface area contributed by atoms with E-state index in [0.717, 1.165) is 5.56 Å². The Hall–Kier alpha value is -3.10. The molecular formula is C21H31N3O6. The number of carbonyl (C=O) groups is 4. The van der Waals surface area contributed by atoms with E-state index in [1.807, 2.05) is 18.2 Å². The van der Waals surface area contributed by atoms with Crippen molar-refractivity contribution in [2.45, 2.75) is 51.9 Å². The van der Waals surface area contributed by atoms with Crippen molar-refractivity contribution in [1.29, 1.82) is 0 Å². The summed E-state index contributed by atoms with van der Waals surface area (Å²) in [4.78, 5) is 49.7. The third kappa shape index (κ3) is 10.4. The number of alkyl carbamates (subject to hydrolysis) is 2. The average Bonchev–Trinajstić information content (AvgIpc) is 2.66. The Kier molecular flexibility index (Phi) is 9.80. The van der Waals surface area contributed by atoms with Crippen molar-refractivity contribution in [1.82, 2.24) is 15.5 Å². The largest absolute Gasteiger partial charge is 0.445 e. The van der Waals surface area contributed by atoms with Crippen LogP contribution >= 0.6 is 0 Å². The number of hydrogen-bond donors (Lipinski definition) is 2. The second-order valence-electron chi connectivity index (χ2n) is 7.91. The van der Waals surface area contributed by atoms with Crippen LogP contribution in [0.5, 0.6) is 0 Å². The predicted molar refractivity (Wildman–Crippen MR) is 111 cm³/mol. The smallest absolute Gasteiger partial charge is 0.408 e. The Morgan fingerprint density at radius 2 is 1.67 bits per heavy atom. The maximum absolute atomic E-state index is 12.5. The standard InChI is InChI=1S/C21H31N3O6/c1-21(2,3)30-20(28)23-16(11-12-18(26)24(4)5)17(25)13-22-19(27)29-14-15-9-7-6-8-10-15/h6-10,16H,11-14H2,1-5H3,(H,22,27)(H,23,28)/t16-/m0/s1. The van der Waals surface area contributed by atoms with Gasteiger partial charge in [0.1, 0.15) is 12.2 Å². The fourth-order valence-electron chi connectivity index (χ4n) is 2.31. The zero-order valence-electron chi connectivity index (χ0n) is 18.2. The van der Waals surface area contributed by atoms with Gasteiger partial charge in [-0.05, 0) is 32.8 Å². The van der Waals surface area contributed by atoms with E-state index in [2.05, 4.69) is 10.6 Å². The van der Waals surface area contributed by atoms with E-state index in [1.165, 1.54) is 4.90 Å². The second-order valence-corrected chi connectivity index (χ2v) is 7.91. The number of Topliss-reactive ketones (excluding diaryl/α,β-unsaturated/α-hetero) is 1. The lowest BCUT2D eigenvalue weighted by molar-refractivity contribution is -0.129. The summed E-state index contributed by atoms with van der Waals surface area (Å²) in [6, 6.07) is 8.12. The fraction of sp³-hybridized carbons (Fsp3) is 0.524. The molecular weight excluding hydrogens is 390 g/mol. The third-order valence-corrected chi connectivity index (χ3v) is 3.85. The highest BCUT2D eigenvalue weighted by atomic mass is 16.6. The van der Waals surface area contributed by atoms with Crippen molar-refractivity contribution < 1.29 is 28.7 Å². The molecule has 0 bridgehead atoms. The summed E-state index contributed by atoms with van der Waals surface area (Å²) in [5, 5.41) is 4.84. The van der Waals surface area contributed by atoms with Crippen molar-refractivity contribution in [3.05, 3.63) is 35.9 Å². The minimum atomic E-state index is -0.988. The van der Waals surface area contributed by atoms with Crippen molar-refractivity contribution in [2.24, 2.45) is 0 Å². The van der Waals surface area contributed by atoms with Gasteiger partial charge in [-0.25, -0.2) is 9.59 Å². The van der Waals surface area contributed by atoms with E-state index in [9.17, 15) is 19.2 Å². The monoisotopic (exact) mass is 421 g/mol. The Bertz CT molecular complexity index is 728. The number of ketones is 1. The van der Waals surface area contributed by atoms with Crippen LogP contribution in [0.4, 0.5) is 9.59 Å². The van der Waals surface area contributed by atoms with Crippen LogP contribution in [0.25, 0.3) is 0 Å². The van der Waals surface area contributed by atoms with E-state index in [4.69, 9.17) is 9.47 Å². The molecule has 2 N–H and O–H groups in total. The topological polar surface area (TPSA) is 114 Å². The predicted octanol–water partition coefficient (Wildman–Crippen LogP) is 2.24. The molecule has 0 saturated carbocycles. The van der Waals surface area contributed by atoms with Gasteiger partial charge in [-0.3, -0.25) is 9.59 Å². The molecule has 1 aromatic carbocycles. The van der Waals surface area contributed by atoms with Gasteiger partial charge in [0.25, 0.3) is 0 Å². The summed E-state index contributed by atoms with van der Waals surface area (Å²) in [6.07, 6.45) is -1.40. The zero-order valence-corrected chi connectivity index (χ0v) is 18.2. The van der Waals surface area contributed by atoms with Crippen LogP contribution in [0, 0.1) is 0 Å². The number of ether oxygens (including phenoxy) is 2. The first-order chi connectivity index (χ1) is 14.0. The van der Waals surface area contributed by atoms with Gasteiger partial charge in [0.2, 0.25) is 5.91 Å². The average molecular weight is 421 g/mol. The molecule has 9 nitrogen and oxygen atoms in total. The first-order valence-electron chi connectivity index (χ1n) is 9.65. The maximum Gasteiger partial charge on any atom is 0.408 e. The van der Waals surface area contributed by atoms with Crippen LogP contribution < -0.4 is 10.6 Å². The minimum absolute atomic E-state index is 0.0532. The summed E-state index contributed by atoms with van der Waals surface area (Å²) in [6.45, 7) is 4.80. The van der Waals surface area contributed by atoms with Gasteiger partial charge >= 0.3 is 12.2 Å². The number of benzene rings is 1. The molecule has 0 heterocycles. The molecule has 0 aliphatic heterocycles. The first-order valence-corrected chi connectivity index (χ1v) is 9.65. The Labute approximate surface area is 177 Å². The fourth-order valence-corrected chi connectivity index (χ4v) is 2.31. The zero-order chi connectivity index (χ0) is 22.7. The molecule has 9 heteroatoms. The maximum atomic E-state index is 12.5. The van der Waals surface area contributed by atoms with Gasteiger partial charge in [0.15, 0.2) is 5.78 Å². The van der Waals surface area contributed by atoms with Crippen LogP contribution in [-0.2, 0) is 25.7 Å². The molecule has 1 rings (SSSR count). The van der Waals surface area contributed by atoms with E-state index in [1.54, 1.807) is 47.0 Å². The molecule has 0 spiro atoms. The van der Waals surface area contributed by atoms with Crippen LogP contribution in [0.3, 0.4) is 0 Å². The number of carbonyl (C=O) groups excluding carboxylic acids is 4. The van der Waals surface area contributed by atoms with E-state index >= 15 is 0 Å². The summed E-state index contributed by atoms with van der Waals surface area (Å²) in [7, 11) is 3.20. The Balaban J connectivity index is 2.60. The lowest BCUT2D eigenvalue weighted by atomic mass is 10.1. The van der Waals surface area contributed by atoms with Gasteiger partial charge in [-0.15, -0.1) is 0 Å². The van der Waals surface area contributed by atoms with Crippen molar-refractivity contribution in [3.8, 4) is 0 Å². The molecule has 1 aromatic rings. The normalized spacial score (nSPS) is 11.8. The highest BCUT2D eigenvalue weighted by molar-refractivity contribution is 5.91. The molecule has 30 heavy (non-hydrogen) atoms. The van der Waals surface area contributed by atoms with Crippen molar-refractivity contribution in [2.75, 3.05) is 20.6 Å². The Morgan fingerprint density at radius 1 is 1.03 bits per heavy atom. The number of hydrogen-bond acceptors (Lipinski definition) is 6. The quantitative estimate of drug-likeness (QED) is 0.632. The summed E-state index contributed by atoms with van der Waals surface area (Å²) in [5.74, 6) is -0.655. The molecule has 0 aliphatic rings. The Morgan fingerprint density at radius 3 is 2.23 bits per heavy atom. The van der Waals surface area contributed by atoms with Gasteiger partial charge in [0, 0.05) is 20.5 Å². The second kappa shape index (κ2) is 11.8. The molecule has 0 radical (unpaired) electrons. The minimum Gasteiger partial charge on any atom is -0.445 e. The molecule has 0 aliphatic carbocycles. The van der Waals surface area contributed by atoms with Gasteiger partial charge < -0.3 is 25.0 Å². The first kappa shape index (κ1) is 24.9. The van der Waals surface area contributed by atoms with Gasteiger partial charge in [-0.2, -0.15) is 0 Å². The molecule has 0 aromatic heterocycles. The number of nitrogens with zero attached hydrogens (tertiary/aromatic N) is 1. The third-order valence-electron chi connectivity index (χ3n) is 3.85. The molecule has 0 fully saturated rings. The lowest BCUT2D eigenvalue weighted by Gasteiger charge is -2.23. The van der Waals surface area contributed by atoms with Crippen molar-refractivity contribution >= 4 is 23.9 Å². The van der Waals surface area contributed by atoms with Crippen LogP contribution in [-0.4, -0.2) is 61.1 Å². The van der Waals surface area contributed by atoms with Crippen LogP contribution in [0.15, 0.2) is 30.3 Å². The summed E-state index contributed by atoms with van der Waals surface area (Å²) < 4.78 is 10.2. The van der Waals surface area contributed by atoms with Gasteiger partial charge in [0.05, 0.1) is 12.6 Å². The summed E-state index contributed by atoms with van der Waals surface area (Å²) >= 11 is 0.